The van der Waals surface area contributed by atoms with Crippen molar-refractivity contribution in [2.24, 2.45) is 0 Å². The maximum Gasteiger partial charge on any atom is 0.219 e. The monoisotopic (exact) mass is 258 g/mol. The summed E-state index contributed by atoms with van der Waals surface area (Å²) in [6.45, 7) is 6.51. The van der Waals surface area contributed by atoms with Crippen LogP contribution >= 0.6 is 0 Å². The molecule has 0 radical (unpaired) electrons. The lowest BCUT2D eigenvalue weighted by atomic mass is 9.87. The lowest BCUT2D eigenvalue weighted by Crippen LogP contribution is -2.10. The highest BCUT2D eigenvalue weighted by Gasteiger charge is 2.13. The Morgan fingerprint density at radius 3 is 2.21 bits per heavy atom. The summed E-state index contributed by atoms with van der Waals surface area (Å²) in [5.41, 5.74) is 3.93. The smallest absolute Gasteiger partial charge is 0.219 e. The zero-order valence-corrected chi connectivity index (χ0v) is 11.3. The highest BCUT2D eigenvalue weighted by Crippen LogP contribution is 2.26. The van der Waals surface area contributed by atoms with Crippen molar-refractivity contribution in [2.75, 3.05) is 5.48 Å². The van der Waals surface area contributed by atoms with Gasteiger partial charge in [0.1, 0.15) is 5.75 Å². The minimum absolute atomic E-state index is 0.130. The van der Waals surface area contributed by atoms with Crippen LogP contribution in [0.4, 0.5) is 5.69 Å². The van der Waals surface area contributed by atoms with E-state index in [9.17, 15) is 0 Å². The number of rotatable bonds is 3. The van der Waals surface area contributed by atoms with Gasteiger partial charge in [-0.3, -0.25) is 10.7 Å². The van der Waals surface area contributed by atoms with Gasteiger partial charge in [0.2, 0.25) is 5.88 Å². The minimum atomic E-state index is 0.130. The highest BCUT2D eigenvalue weighted by molar-refractivity contribution is 5.40. The zero-order valence-electron chi connectivity index (χ0n) is 11.3. The van der Waals surface area contributed by atoms with Crippen LogP contribution in [0.3, 0.4) is 0 Å². The SMILES string of the molecule is CC(C)(C)c1ccc(Oc2ccc(NO)cn2)cc1. The predicted molar refractivity (Wildman–Crippen MR) is 74.9 cm³/mol. The van der Waals surface area contributed by atoms with Crippen molar-refractivity contribution in [1.29, 1.82) is 0 Å². The van der Waals surface area contributed by atoms with Crippen LogP contribution in [0.1, 0.15) is 26.3 Å². The van der Waals surface area contributed by atoms with E-state index in [-0.39, 0.29) is 5.41 Å². The summed E-state index contributed by atoms with van der Waals surface area (Å²) in [7, 11) is 0. The molecule has 0 atom stereocenters. The summed E-state index contributed by atoms with van der Waals surface area (Å²) in [5.74, 6) is 1.23. The van der Waals surface area contributed by atoms with Gasteiger partial charge in [-0.2, -0.15) is 0 Å². The average Bonchev–Trinajstić information content (AvgIpc) is 2.39. The lowest BCUT2D eigenvalue weighted by molar-refractivity contribution is 0.388. The number of pyridine rings is 1. The second-order valence-electron chi connectivity index (χ2n) is 5.37. The van der Waals surface area contributed by atoms with Crippen LogP contribution < -0.4 is 10.2 Å². The molecule has 100 valence electrons. The quantitative estimate of drug-likeness (QED) is 0.818. The molecule has 1 heterocycles. The third kappa shape index (κ3) is 3.45. The summed E-state index contributed by atoms with van der Waals surface area (Å²) < 4.78 is 5.62. The maximum absolute atomic E-state index is 8.69. The first-order chi connectivity index (χ1) is 8.99. The molecule has 0 amide bonds. The molecule has 0 saturated heterocycles. The molecule has 1 aromatic heterocycles. The summed E-state index contributed by atoms with van der Waals surface area (Å²) in [6, 6.07) is 11.3. The molecule has 0 aliphatic heterocycles. The first-order valence-electron chi connectivity index (χ1n) is 6.13. The molecule has 2 aromatic rings. The fourth-order valence-electron chi connectivity index (χ4n) is 1.65. The van der Waals surface area contributed by atoms with Gasteiger partial charge in [-0.1, -0.05) is 32.9 Å². The minimum Gasteiger partial charge on any atom is -0.439 e. The molecule has 2 N–H and O–H groups in total. The Hall–Kier alpha value is -2.07. The Bertz CT molecular complexity index is 528. The van der Waals surface area contributed by atoms with Gasteiger partial charge in [0.05, 0.1) is 11.9 Å². The number of nitrogens with one attached hydrogen (secondary N) is 1. The largest absolute Gasteiger partial charge is 0.439 e. The van der Waals surface area contributed by atoms with Crippen LogP contribution in [0.25, 0.3) is 0 Å². The third-order valence-electron chi connectivity index (χ3n) is 2.81. The third-order valence-corrected chi connectivity index (χ3v) is 2.81. The summed E-state index contributed by atoms with van der Waals surface area (Å²) >= 11 is 0. The van der Waals surface area contributed by atoms with Crippen LogP contribution in [-0.2, 0) is 5.41 Å². The Morgan fingerprint density at radius 1 is 1.05 bits per heavy atom. The summed E-state index contributed by atoms with van der Waals surface area (Å²) in [6.07, 6.45) is 1.50. The molecule has 19 heavy (non-hydrogen) atoms. The van der Waals surface area contributed by atoms with Crippen LogP contribution in [0.5, 0.6) is 11.6 Å². The van der Waals surface area contributed by atoms with Gasteiger partial charge >= 0.3 is 0 Å². The molecule has 0 saturated carbocycles. The van der Waals surface area contributed by atoms with Crippen LogP contribution in [0.15, 0.2) is 42.6 Å². The summed E-state index contributed by atoms with van der Waals surface area (Å²) in [5, 5.41) is 8.69. The van der Waals surface area contributed by atoms with Gasteiger partial charge in [-0.05, 0) is 29.2 Å². The Morgan fingerprint density at radius 2 is 1.74 bits per heavy atom. The number of nitrogens with zero attached hydrogens (tertiary/aromatic N) is 1. The van der Waals surface area contributed by atoms with E-state index >= 15 is 0 Å². The summed E-state index contributed by atoms with van der Waals surface area (Å²) in [4.78, 5) is 4.07. The second kappa shape index (κ2) is 5.28. The Kier molecular flexibility index (Phi) is 3.71. The molecule has 0 aliphatic rings. The van der Waals surface area contributed by atoms with E-state index in [0.29, 0.717) is 11.6 Å². The number of anilines is 1. The van der Waals surface area contributed by atoms with Crippen molar-refractivity contribution >= 4 is 5.69 Å². The van der Waals surface area contributed by atoms with E-state index in [1.807, 2.05) is 17.6 Å². The molecule has 0 unspecified atom stereocenters. The number of ether oxygens (including phenoxy) is 1. The van der Waals surface area contributed by atoms with Crippen molar-refractivity contribution in [1.82, 2.24) is 4.98 Å². The first kappa shape index (κ1) is 13.4. The van der Waals surface area contributed by atoms with Crippen LogP contribution in [-0.4, -0.2) is 10.2 Å². The standard InChI is InChI=1S/C15H18N2O2/c1-15(2,3)11-4-7-13(8-5-11)19-14-9-6-12(17-18)10-16-14/h4-10,17-18H,1-3H3. The van der Waals surface area contributed by atoms with Crippen molar-refractivity contribution in [3.05, 3.63) is 48.2 Å². The molecule has 0 aliphatic carbocycles. The van der Waals surface area contributed by atoms with Crippen LogP contribution in [0, 0.1) is 0 Å². The topological polar surface area (TPSA) is 54.4 Å². The molecular formula is C15H18N2O2. The number of hydrogen-bond donors (Lipinski definition) is 2. The molecule has 2 rings (SSSR count). The second-order valence-corrected chi connectivity index (χ2v) is 5.37. The van der Waals surface area contributed by atoms with E-state index in [0.717, 1.165) is 5.75 Å². The van der Waals surface area contributed by atoms with E-state index in [4.69, 9.17) is 9.94 Å². The molecule has 1 aromatic carbocycles. The molecule has 0 bridgehead atoms. The van der Waals surface area contributed by atoms with Crippen LogP contribution in [0.2, 0.25) is 0 Å². The predicted octanol–water partition coefficient (Wildman–Crippen LogP) is 3.97. The van der Waals surface area contributed by atoms with E-state index in [1.165, 1.54) is 11.8 Å². The number of aromatic nitrogens is 1. The van der Waals surface area contributed by atoms with Crippen molar-refractivity contribution in [2.45, 2.75) is 26.2 Å². The normalized spacial score (nSPS) is 11.2. The van der Waals surface area contributed by atoms with Crippen molar-refractivity contribution in [3.8, 4) is 11.6 Å². The fraction of sp³-hybridized carbons (Fsp3) is 0.267. The van der Waals surface area contributed by atoms with Gasteiger partial charge in [0.25, 0.3) is 0 Å². The van der Waals surface area contributed by atoms with Gasteiger partial charge in [-0.25, -0.2) is 4.98 Å². The van der Waals surface area contributed by atoms with Gasteiger partial charge in [-0.15, -0.1) is 0 Å². The van der Waals surface area contributed by atoms with Crippen molar-refractivity contribution < 1.29 is 9.94 Å². The molecular weight excluding hydrogens is 240 g/mol. The Labute approximate surface area is 113 Å². The number of hydrogen-bond acceptors (Lipinski definition) is 4. The lowest BCUT2D eigenvalue weighted by Gasteiger charge is -2.19. The number of benzene rings is 1. The zero-order chi connectivity index (χ0) is 13.9. The molecule has 0 spiro atoms. The first-order valence-corrected chi connectivity index (χ1v) is 6.13. The average molecular weight is 258 g/mol. The molecule has 0 fully saturated rings. The fourth-order valence-corrected chi connectivity index (χ4v) is 1.65. The van der Waals surface area contributed by atoms with Crippen molar-refractivity contribution in [3.63, 3.8) is 0 Å². The van der Waals surface area contributed by atoms with E-state index in [1.54, 1.807) is 12.1 Å². The highest BCUT2D eigenvalue weighted by atomic mass is 16.5. The van der Waals surface area contributed by atoms with E-state index < -0.39 is 0 Å². The van der Waals surface area contributed by atoms with Gasteiger partial charge in [0, 0.05) is 6.07 Å². The van der Waals surface area contributed by atoms with Gasteiger partial charge < -0.3 is 4.74 Å². The van der Waals surface area contributed by atoms with E-state index in [2.05, 4.69) is 37.9 Å². The molecule has 4 heteroatoms. The van der Waals surface area contributed by atoms with Gasteiger partial charge in [0.15, 0.2) is 0 Å². The Balaban J connectivity index is 2.10. The molecule has 4 nitrogen and oxygen atoms in total. The maximum atomic E-state index is 8.69.